The molecule has 2 aliphatic rings. The zero-order chi connectivity index (χ0) is 17.2. The largest absolute Gasteiger partial charge is 0.342 e. The van der Waals surface area contributed by atoms with E-state index in [1.807, 2.05) is 0 Å². The second-order valence-electron chi connectivity index (χ2n) is 6.24. The molecule has 6 nitrogen and oxygen atoms in total. The number of rotatable bonds is 4. The SMILES string of the molecule is O=C(CN1CCCN(Cc2ccc(F)cc2)S1(=O)=O)N1CCCC1. The molecule has 8 heteroatoms. The molecule has 0 aromatic heterocycles. The number of hydrogen-bond acceptors (Lipinski definition) is 3. The van der Waals surface area contributed by atoms with Gasteiger partial charge in [-0.1, -0.05) is 12.1 Å². The maximum Gasteiger partial charge on any atom is 0.282 e. The zero-order valence-electron chi connectivity index (χ0n) is 13.5. The Kier molecular flexibility index (Phi) is 5.17. The van der Waals surface area contributed by atoms with Crippen molar-refractivity contribution in [3.8, 4) is 0 Å². The number of carbonyl (C=O) groups is 1. The Morgan fingerprint density at radius 1 is 0.958 bits per heavy atom. The first kappa shape index (κ1) is 17.3. The average molecular weight is 355 g/mol. The van der Waals surface area contributed by atoms with Crippen molar-refractivity contribution >= 4 is 16.1 Å². The number of halogens is 1. The molecule has 2 fully saturated rings. The van der Waals surface area contributed by atoms with Crippen molar-refractivity contribution in [1.82, 2.24) is 13.5 Å². The van der Waals surface area contributed by atoms with E-state index in [-0.39, 0.29) is 24.8 Å². The third-order valence-electron chi connectivity index (χ3n) is 4.51. The van der Waals surface area contributed by atoms with Crippen molar-refractivity contribution in [1.29, 1.82) is 0 Å². The van der Waals surface area contributed by atoms with Gasteiger partial charge in [-0.2, -0.15) is 17.0 Å². The van der Waals surface area contributed by atoms with E-state index in [1.165, 1.54) is 20.7 Å². The molecular formula is C16H22FN3O3S. The Balaban J connectivity index is 1.68. The van der Waals surface area contributed by atoms with Gasteiger partial charge < -0.3 is 4.90 Å². The van der Waals surface area contributed by atoms with Crippen LogP contribution in [0.15, 0.2) is 24.3 Å². The van der Waals surface area contributed by atoms with Crippen molar-refractivity contribution in [2.45, 2.75) is 25.8 Å². The van der Waals surface area contributed by atoms with Gasteiger partial charge in [0.05, 0.1) is 6.54 Å². The second kappa shape index (κ2) is 7.16. The Morgan fingerprint density at radius 2 is 1.58 bits per heavy atom. The molecule has 2 saturated heterocycles. The van der Waals surface area contributed by atoms with Crippen LogP contribution in [0.3, 0.4) is 0 Å². The van der Waals surface area contributed by atoms with Gasteiger partial charge >= 0.3 is 0 Å². The molecule has 2 heterocycles. The standard InChI is InChI=1S/C16H22FN3O3S/c17-15-6-4-14(5-7-15)12-19-10-3-11-20(24(19,22)23)13-16(21)18-8-1-2-9-18/h4-7H,1-3,8-13H2. The fourth-order valence-electron chi connectivity index (χ4n) is 3.15. The van der Waals surface area contributed by atoms with E-state index in [0.717, 1.165) is 18.4 Å². The molecule has 0 radical (unpaired) electrons. The molecule has 1 amide bonds. The maximum atomic E-state index is 13.0. The lowest BCUT2D eigenvalue weighted by Crippen LogP contribution is -2.52. The minimum atomic E-state index is -3.67. The van der Waals surface area contributed by atoms with Crippen LogP contribution in [0.2, 0.25) is 0 Å². The quantitative estimate of drug-likeness (QED) is 0.815. The molecule has 3 rings (SSSR count). The van der Waals surface area contributed by atoms with Crippen LogP contribution in [-0.4, -0.2) is 60.6 Å². The van der Waals surface area contributed by atoms with Gasteiger partial charge in [0.15, 0.2) is 0 Å². The first-order chi connectivity index (χ1) is 11.5. The number of likely N-dealkylation sites (tertiary alicyclic amines) is 1. The predicted octanol–water partition coefficient (Wildman–Crippen LogP) is 1.20. The summed E-state index contributed by atoms with van der Waals surface area (Å²) in [6.45, 7) is 2.30. The summed E-state index contributed by atoms with van der Waals surface area (Å²) in [5.74, 6) is -0.474. The van der Waals surface area contributed by atoms with Crippen LogP contribution in [0, 0.1) is 5.82 Å². The van der Waals surface area contributed by atoms with Gasteiger partial charge in [0.25, 0.3) is 10.2 Å². The smallest absolute Gasteiger partial charge is 0.282 e. The highest BCUT2D eigenvalue weighted by Crippen LogP contribution is 2.20. The van der Waals surface area contributed by atoms with Crippen LogP contribution in [-0.2, 0) is 21.5 Å². The van der Waals surface area contributed by atoms with Crippen LogP contribution in [0.1, 0.15) is 24.8 Å². The van der Waals surface area contributed by atoms with Gasteiger partial charge in [0.2, 0.25) is 5.91 Å². The highest BCUT2D eigenvalue weighted by Gasteiger charge is 2.35. The van der Waals surface area contributed by atoms with Gasteiger partial charge in [-0.25, -0.2) is 4.39 Å². The second-order valence-corrected chi connectivity index (χ2v) is 8.17. The molecule has 0 saturated carbocycles. The average Bonchev–Trinajstić information content (AvgIpc) is 3.08. The van der Waals surface area contributed by atoms with Crippen LogP contribution in [0.25, 0.3) is 0 Å². The van der Waals surface area contributed by atoms with E-state index < -0.39 is 10.2 Å². The Morgan fingerprint density at radius 3 is 2.25 bits per heavy atom. The molecule has 0 N–H and O–H groups in total. The van der Waals surface area contributed by atoms with E-state index in [1.54, 1.807) is 17.0 Å². The lowest BCUT2D eigenvalue weighted by atomic mass is 10.2. The highest BCUT2D eigenvalue weighted by atomic mass is 32.2. The van der Waals surface area contributed by atoms with Gasteiger partial charge in [-0.3, -0.25) is 4.79 Å². The normalized spacial score (nSPS) is 22.0. The van der Waals surface area contributed by atoms with Crippen LogP contribution < -0.4 is 0 Å². The van der Waals surface area contributed by atoms with Gasteiger partial charge in [-0.15, -0.1) is 0 Å². The monoisotopic (exact) mass is 355 g/mol. The van der Waals surface area contributed by atoms with Crippen LogP contribution in [0.5, 0.6) is 0 Å². The predicted molar refractivity (Wildman–Crippen MR) is 87.7 cm³/mol. The van der Waals surface area contributed by atoms with E-state index in [0.29, 0.717) is 32.6 Å². The van der Waals surface area contributed by atoms with E-state index >= 15 is 0 Å². The van der Waals surface area contributed by atoms with Gasteiger partial charge in [-0.05, 0) is 37.0 Å². The summed E-state index contributed by atoms with van der Waals surface area (Å²) in [5.41, 5.74) is 0.729. The summed E-state index contributed by atoms with van der Waals surface area (Å²) in [6, 6.07) is 5.81. The van der Waals surface area contributed by atoms with Gasteiger partial charge in [0, 0.05) is 32.7 Å². The van der Waals surface area contributed by atoms with Crippen molar-refractivity contribution in [2.24, 2.45) is 0 Å². The molecule has 0 atom stereocenters. The molecule has 132 valence electrons. The van der Waals surface area contributed by atoms with Crippen molar-refractivity contribution in [3.05, 3.63) is 35.6 Å². The Bertz CT molecular complexity index is 687. The minimum absolute atomic E-state index is 0.0950. The lowest BCUT2D eigenvalue weighted by Gasteiger charge is -2.35. The zero-order valence-corrected chi connectivity index (χ0v) is 14.3. The number of amides is 1. The molecule has 24 heavy (non-hydrogen) atoms. The van der Waals surface area contributed by atoms with E-state index in [9.17, 15) is 17.6 Å². The van der Waals surface area contributed by atoms with E-state index in [2.05, 4.69) is 0 Å². The third kappa shape index (κ3) is 3.76. The van der Waals surface area contributed by atoms with Crippen molar-refractivity contribution < 1.29 is 17.6 Å². The molecular weight excluding hydrogens is 333 g/mol. The summed E-state index contributed by atoms with van der Waals surface area (Å²) in [5, 5.41) is 0. The topological polar surface area (TPSA) is 60.9 Å². The highest BCUT2D eigenvalue weighted by molar-refractivity contribution is 7.86. The first-order valence-electron chi connectivity index (χ1n) is 8.24. The minimum Gasteiger partial charge on any atom is -0.342 e. The molecule has 0 unspecified atom stereocenters. The van der Waals surface area contributed by atoms with Crippen LogP contribution >= 0.6 is 0 Å². The maximum absolute atomic E-state index is 13.0. The van der Waals surface area contributed by atoms with Gasteiger partial charge in [0.1, 0.15) is 5.82 Å². The summed E-state index contributed by atoms with van der Waals surface area (Å²) in [6.07, 6.45) is 2.64. The summed E-state index contributed by atoms with van der Waals surface area (Å²) >= 11 is 0. The number of hydrogen-bond donors (Lipinski definition) is 0. The Labute approximate surface area is 142 Å². The number of carbonyl (C=O) groups excluding carboxylic acids is 1. The number of benzene rings is 1. The molecule has 1 aromatic rings. The summed E-state index contributed by atoms with van der Waals surface area (Å²) in [7, 11) is -3.67. The molecule has 0 spiro atoms. The lowest BCUT2D eigenvalue weighted by molar-refractivity contribution is -0.130. The van der Waals surface area contributed by atoms with Crippen molar-refractivity contribution in [2.75, 3.05) is 32.7 Å². The summed E-state index contributed by atoms with van der Waals surface area (Å²) < 4.78 is 41.1. The molecule has 1 aromatic carbocycles. The summed E-state index contributed by atoms with van der Waals surface area (Å²) in [4.78, 5) is 14.0. The van der Waals surface area contributed by atoms with Crippen molar-refractivity contribution in [3.63, 3.8) is 0 Å². The fraction of sp³-hybridized carbons (Fsp3) is 0.562. The fourth-order valence-corrected chi connectivity index (χ4v) is 4.78. The molecule has 0 aliphatic carbocycles. The van der Waals surface area contributed by atoms with E-state index in [4.69, 9.17) is 0 Å². The van der Waals surface area contributed by atoms with Crippen LogP contribution in [0.4, 0.5) is 4.39 Å². The molecule has 0 bridgehead atoms. The third-order valence-corrected chi connectivity index (χ3v) is 6.44. The Hall–Kier alpha value is -1.51. The number of nitrogens with zero attached hydrogens (tertiary/aromatic N) is 3. The first-order valence-corrected chi connectivity index (χ1v) is 9.64. The molecule has 2 aliphatic heterocycles.